The lowest BCUT2D eigenvalue weighted by atomic mass is 10.1. The average molecular weight is 347 g/mol. The van der Waals surface area contributed by atoms with Gasteiger partial charge < -0.3 is 4.90 Å². The van der Waals surface area contributed by atoms with Gasteiger partial charge in [-0.25, -0.2) is 9.37 Å². The fourth-order valence-electron chi connectivity index (χ4n) is 1.96. The molecule has 1 atom stereocenters. The van der Waals surface area contributed by atoms with Gasteiger partial charge in [0.1, 0.15) is 10.4 Å². The molecule has 1 saturated heterocycles. The highest BCUT2D eigenvalue weighted by Gasteiger charge is 2.32. The fraction of sp³-hybridized carbons (Fsp3) is 0.417. The molecule has 0 saturated carbocycles. The molecule has 1 aliphatic heterocycles. The van der Waals surface area contributed by atoms with Crippen LogP contribution in [0.25, 0.3) is 0 Å². The van der Waals surface area contributed by atoms with E-state index in [1.54, 1.807) is 0 Å². The van der Waals surface area contributed by atoms with Gasteiger partial charge in [0.05, 0.1) is 11.9 Å². The summed E-state index contributed by atoms with van der Waals surface area (Å²) in [6.07, 6.45) is 1.47. The van der Waals surface area contributed by atoms with Crippen molar-refractivity contribution in [1.29, 1.82) is 0 Å². The lowest BCUT2D eigenvalue weighted by Crippen LogP contribution is -2.25. The molecule has 7 heteroatoms. The Bertz CT molecular complexity index is 526. The monoisotopic (exact) mass is 346 g/mol. The molecule has 0 spiro atoms. The van der Waals surface area contributed by atoms with E-state index in [0.29, 0.717) is 29.0 Å². The van der Waals surface area contributed by atoms with E-state index in [4.69, 9.17) is 0 Å². The number of thioether (sulfide) groups is 1. The zero-order chi connectivity index (χ0) is 14.0. The molecular formula is C12H12BrFN2O2S. The van der Waals surface area contributed by atoms with Crippen molar-refractivity contribution >= 4 is 44.4 Å². The summed E-state index contributed by atoms with van der Waals surface area (Å²) in [4.78, 5) is 28.2. The Balaban J connectivity index is 2.11. The maximum Gasteiger partial charge on any atom is 0.227 e. The average Bonchev–Trinajstić information content (AvgIpc) is 2.71. The van der Waals surface area contributed by atoms with E-state index in [9.17, 15) is 14.0 Å². The molecule has 1 unspecified atom stereocenters. The van der Waals surface area contributed by atoms with Crippen molar-refractivity contribution in [3.63, 3.8) is 0 Å². The van der Waals surface area contributed by atoms with Gasteiger partial charge in [0.25, 0.3) is 0 Å². The van der Waals surface area contributed by atoms with E-state index in [2.05, 4.69) is 20.9 Å². The Morgan fingerprint density at radius 1 is 1.68 bits per heavy atom. The number of nitrogens with zero attached hydrogens (tertiary/aromatic N) is 2. The smallest absolute Gasteiger partial charge is 0.227 e. The molecule has 4 nitrogen and oxygen atoms in total. The summed E-state index contributed by atoms with van der Waals surface area (Å²) in [6.45, 7) is 2.00. The normalized spacial score (nSPS) is 19.0. The van der Waals surface area contributed by atoms with Gasteiger partial charge in [-0.1, -0.05) is 11.8 Å². The van der Waals surface area contributed by atoms with Crippen molar-refractivity contribution in [2.45, 2.75) is 13.3 Å². The van der Waals surface area contributed by atoms with E-state index in [1.807, 2.05) is 0 Å². The van der Waals surface area contributed by atoms with Crippen LogP contribution in [0.1, 0.15) is 13.3 Å². The predicted octanol–water partition coefficient (Wildman–Crippen LogP) is 2.62. The minimum Gasteiger partial charge on any atom is -0.309 e. The molecule has 1 amide bonds. The molecule has 0 N–H and O–H groups in total. The van der Waals surface area contributed by atoms with Gasteiger partial charge in [0, 0.05) is 31.7 Å². The molecular weight excluding hydrogens is 335 g/mol. The second kappa shape index (κ2) is 6.00. The maximum atomic E-state index is 13.2. The Labute approximate surface area is 122 Å². The quantitative estimate of drug-likeness (QED) is 0.789. The highest BCUT2D eigenvalue weighted by molar-refractivity contribution is 9.10. The SMILES string of the molecule is CC(=O)SCC1CC(=O)N(c2cc(F)cnc2Br)C1. The molecule has 1 aromatic heterocycles. The summed E-state index contributed by atoms with van der Waals surface area (Å²) in [5, 5.41) is 0.0412. The molecule has 2 rings (SSSR count). The van der Waals surface area contributed by atoms with Crippen LogP contribution in [-0.2, 0) is 9.59 Å². The lowest BCUT2D eigenvalue weighted by molar-refractivity contribution is -0.117. The van der Waals surface area contributed by atoms with Crippen molar-refractivity contribution in [2.24, 2.45) is 5.92 Å². The number of aromatic nitrogens is 1. The Kier molecular flexibility index (Phi) is 4.57. The number of halogens is 2. The minimum absolute atomic E-state index is 0.0412. The Morgan fingerprint density at radius 3 is 3.11 bits per heavy atom. The first-order chi connectivity index (χ1) is 8.97. The molecule has 0 radical (unpaired) electrons. The van der Waals surface area contributed by atoms with E-state index >= 15 is 0 Å². The van der Waals surface area contributed by atoms with Gasteiger partial charge >= 0.3 is 0 Å². The topological polar surface area (TPSA) is 50.3 Å². The second-order valence-corrected chi connectivity index (χ2v) is 6.29. The van der Waals surface area contributed by atoms with Gasteiger partial charge in [0.2, 0.25) is 5.91 Å². The lowest BCUT2D eigenvalue weighted by Gasteiger charge is -2.17. The number of rotatable bonds is 3. The third-order valence-electron chi connectivity index (χ3n) is 2.81. The first-order valence-corrected chi connectivity index (χ1v) is 7.50. The van der Waals surface area contributed by atoms with Crippen molar-refractivity contribution < 1.29 is 14.0 Å². The predicted molar refractivity (Wildman–Crippen MR) is 75.5 cm³/mol. The number of anilines is 1. The summed E-state index contributed by atoms with van der Waals surface area (Å²) >= 11 is 4.44. The summed E-state index contributed by atoms with van der Waals surface area (Å²) in [5.41, 5.74) is 0.445. The van der Waals surface area contributed by atoms with Gasteiger partial charge in [-0.3, -0.25) is 9.59 Å². The Morgan fingerprint density at radius 2 is 2.42 bits per heavy atom. The largest absolute Gasteiger partial charge is 0.309 e. The maximum absolute atomic E-state index is 13.2. The molecule has 0 bridgehead atoms. The minimum atomic E-state index is -0.479. The van der Waals surface area contributed by atoms with E-state index in [0.717, 1.165) is 6.20 Å². The number of carbonyl (C=O) groups excluding carboxylic acids is 2. The van der Waals surface area contributed by atoms with Crippen LogP contribution < -0.4 is 4.90 Å². The first kappa shape index (κ1) is 14.5. The van der Waals surface area contributed by atoms with Gasteiger partial charge in [-0.05, 0) is 21.8 Å². The van der Waals surface area contributed by atoms with Crippen LogP contribution in [0.4, 0.5) is 10.1 Å². The molecule has 0 aliphatic carbocycles. The zero-order valence-electron chi connectivity index (χ0n) is 10.2. The van der Waals surface area contributed by atoms with Crippen molar-refractivity contribution in [1.82, 2.24) is 4.98 Å². The molecule has 1 fully saturated rings. The second-order valence-electron chi connectivity index (χ2n) is 4.34. The molecule has 1 aliphatic rings. The van der Waals surface area contributed by atoms with E-state index in [-0.39, 0.29) is 16.9 Å². The van der Waals surface area contributed by atoms with Crippen LogP contribution >= 0.6 is 27.7 Å². The number of pyridine rings is 1. The highest BCUT2D eigenvalue weighted by Crippen LogP contribution is 2.31. The molecule has 2 heterocycles. The standard InChI is InChI=1S/C12H12BrFN2O2S/c1-7(17)19-6-8-2-11(18)16(5-8)10-3-9(14)4-15-12(10)13/h3-4,8H,2,5-6H2,1H3. The van der Waals surface area contributed by atoms with Gasteiger partial charge in [-0.2, -0.15) is 0 Å². The third-order valence-corrected chi connectivity index (χ3v) is 4.46. The van der Waals surface area contributed by atoms with Crippen LogP contribution in [0, 0.1) is 11.7 Å². The summed E-state index contributed by atoms with van der Waals surface area (Å²) < 4.78 is 13.7. The van der Waals surface area contributed by atoms with Crippen LogP contribution in [0.3, 0.4) is 0 Å². The van der Waals surface area contributed by atoms with Crippen LogP contribution in [0.15, 0.2) is 16.9 Å². The molecule has 102 valence electrons. The van der Waals surface area contributed by atoms with Crippen LogP contribution in [0.5, 0.6) is 0 Å². The van der Waals surface area contributed by atoms with Gasteiger partial charge in [-0.15, -0.1) is 0 Å². The molecule has 0 aromatic carbocycles. The molecule has 1 aromatic rings. The van der Waals surface area contributed by atoms with Crippen molar-refractivity contribution in [3.05, 3.63) is 22.7 Å². The highest BCUT2D eigenvalue weighted by atomic mass is 79.9. The van der Waals surface area contributed by atoms with Crippen molar-refractivity contribution in [2.75, 3.05) is 17.2 Å². The Hall–Kier alpha value is -0.950. The number of hydrogen-bond donors (Lipinski definition) is 0. The van der Waals surface area contributed by atoms with E-state index < -0.39 is 5.82 Å². The number of hydrogen-bond acceptors (Lipinski definition) is 4. The van der Waals surface area contributed by atoms with Crippen LogP contribution in [-0.4, -0.2) is 28.3 Å². The van der Waals surface area contributed by atoms with Crippen molar-refractivity contribution in [3.8, 4) is 0 Å². The summed E-state index contributed by atoms with van der Waals surface area (Å²) in [6, 6.07) is 1.29. The number of carbonyl (C=O) groups is 2. The zero-order valence-corrected chi connectivity index (χ0v) is 12.6. The van der Waals surface area contributed by atoms with E-state index in [1.165, 1.54) is 29.7 Å². The first-order valence-electron chi connectivity index (χ1n) is 5.72. The third kappa shape index (κ3) is 3.54. The van der Waals surface area contributed by atoms with Crippen LogP contribution in [0.2, 0.25) is 0 Å². The summed E-state index contributed by atoms with van der Waals surface area (Å²) in [7, 11) is 0. The summed E-state index contributed by atoms with van der Waals surface area (Å²) in [5.74, 6) is 0.171. The fourth-order valence-corrected chi connectivity index (χ4v) is 3.09. The number of amides is 1. The van der Waals surface area contributed by atoms with Gasteiger partial charge in [0.15, 0.2) is 5.12 Å². The molecule has 19 heavy (non-hydrogen) atoms.